The third-order valence-electron chi connectivity index (χ3n) is 2.27. The first-order valence-corrected chi connectivity index (χ1v) is 5.33. The third kappa shape index (κ3) is 3.04. The van der Waals surface area contributed by atoms with Gasteiger partial charge in [0.05, 0.1) is 0 Å². The average molecular weight is 225 g/mol. The number of ether oxygens (including phenoxy) is 1. The van der Waals surface area contributed by atoms with Crippen LogP contribution in [0.25, 0.3) is 0 Å². The van der Waals surface area contributed by atoms with E-state index in [1.807, 2.05) is 6.07 Å². The standard InChI is InChI=1S/C10H19N5O/c1-4-15(5-2)10-6-8(14-11)12-9(13-10)7-16-3/h6H,4-5,7,11H2,1-3H3,(H,12,13,14). The molecule has 0 atom stereocenters. The predicted molar refractivity (Wildman–Crippen MR) is 64.1 cm³/mol. The zero-order valence-electron chi connectivity index (χ0n) is 10.0. The van der Waals surface area contributed by atoms with E-state index in [1.54, 1.807) is 7.11 Å². The minimum absolute atomic E-state index is 0.379. The van der Waals surface area contributed by atoms with Crippen LogP contribution in [0.2, 0.25) is 0 Å². The molecular weight excluding hydrogens is 206 g/mol. The summed E-state index contributed by atoms with van der Waals surface area (Å²) in [6.45, 7) is 6.33. The summed E-state index contributed by atoms with van der Waals surface area (Å²) in [5.41, 5.74) is 2.54. The summed E-state index contributed by atoms with van der Waals surface area (Å²) >= 11 is 0. The molecule has 1 rings (SSSR count). The first-order chi connectivity index (χ1) is 7.74. The van der Waals surface area contributed by atoms with E-state index in [4.69, 9.17) is 10.6 Å². The Hall–Kier alpha value is -1.40. The second kappa shape index (κ2) is 6.24. The van der Waals surface area contributed by atoms with Gasteiger partial charge in [0.2, 0.25) is 0 Å². The molecule has 0 amide bonds. The molecule has 0 saturated heterocycles. The van der Waals surface area contributed by atoms with Crippen molar-refractivity contribution in [3.63, 3.8) is 0 Å². The van der Waals surface area contributed by atoms with E-state index in [0.29, 0.717) is 18.2 Å². The van der Waals surface area contributed by atoms with Crippen LogP contribution in [0.3, 0.4) is 0 Å². The molecule has 0 aliphatic heterocycles. The van der Waals surface area contributed by atoms with Crippen LogP contribution in [0.5, 0.6) is 0 Å². The Morgan fingerprint density at radius 1 is 1.38 bits per heavy atom. The molecule has 0 fully saturated rings. The molecule has 6 heteroatoms. The van der Waals surface area contributed by atoms with Gasteiger partial charge >= 0.3 is 0 Å². The van der Waals surface area contributed by atoms with Crippen LogP contribution in [0.15, 0.2) is 6.07 Å². The van der Waals surface area contributed by atoms with Gasteiger partial charge in [-0.05, 0) is 13.8 Å². The lowest BCUT2D eigenvalue weighted by molar-refractivity contribution is 0.178. The molecule has 1 heterocycles. The normalized spacial score (nSPS) is 10.2. The highest BCUT2D eigenvalue weighted by atomic mass is 16.5. The molecular formula is C10H19N5O. The number of hydrogen-bond acceptors (Lipinski definition) is 6. The molecule has 1 aromatic rings. The number of nitrogens with one attached hydrogen (secondary N) is 1. The second-order valence-corrected chi connectivity index (χ2v) is 3.28. The van der Waals surface area contributed by atoms with Gasteiger partial charge in [-0.3, -0.25) is 0 Å². The molecule has 0 unspecified atom stereocenters. The van der Waals surface area contributed by atoms with Gasteiger partial charge in [-0.25, -0.2) is 15.8 Å². The van der Waals surface area contributed by atoms with E-state index in [9.17, 15) is 0 Å². The van der Waals surface area contributed by atoms with Gasteiger partial charge in [-0.15, -0.1) is 0 Å². The SMILES string of the molecule is CCN(CC)c1cc(NN)nc(COC)n1. The first-order valence-electron chi connectivity index (χ1n) is 5.33. The topological polar surface area (TPSA) is 76.3 Å². The highest BCUT2D eigenvalue weighted by Gasteiger charge is 2.08. The first kappa shape index (κ1) is 12.7. The van der Waals surface area contributed by atoms with E-state index in [1.165, 1.54) is 0 Å². The van der Waals surface area contributed by atoms with E-state index in [2.05, 4.69) is 34.1 Å². The summed E-state index contributed by atoms with van der Waals surface area (Å²) in [6, 6.07) is 1.83. The number of nitrogens with zero attached hydrogens (tertiary/aromatic N) is 3. The van der Waals surface area contributed by atoms with E-state index in [-0.39, 0.29) is 0 Å². The molecule has 3 N–H and O–H groups in total. The molecule has 6 nitrogen and oxygen atoms in total. The number of hydrogen-bond donors (Lipinski definition) is 2. The molecule has 0 radical (unpaired) electrons. The smallest absolute Gasteiger partial charge is 0.158 e. The van der Waals surface area contributed by atoms with Gasteiger partial charge in [0.1, 0.15) is 18.2 Å². The van der Waals surface area contributed by atoms with Crippen molar-refractivity contribution in [2.75, 3.05) is 30.5 Å². The van der Waals surface area contributed by atoms with Gasteiger partial charge in [0.15, 0.2) is 5.82 Å². The lowest BCUT2D eigenvalue weighted by Gasteiger charge is -2.20. The molecule has 0 spiro atoms. The quantitative estimate of drug-likeness (QED) is 0.549. The van der Waals surface area contributed by atoms with Crippen LogP contribution in [0.1, 0.15) is 19.7 Å². The number of aromatic nitrogens is 2. The Balaban J connectivity index is 3.02. The van der Waals surface area contributed by atoms with Crippen molar-refractivity contribution in [2.24, 2.45) is 5.84 Å². The van der Waals surface area contributed by atoms with Crippen LogP contribution >= 0.6 is 0 Å². The zero-order valence-corrected chi connectivity index (χ0v) is 10.0. The van der Waals surface area contributed by atoms with Crippen molar-refractivity contribution in [2.45, 2.75) is 20.5 Å². The maximum absolute atomic E-state index is 5.37. The van der Waals surface area contributed by atoms with Crippen molar-refractivity contribution in [1.29, 1.82) is 0 Å². The summed E-state index contributed by atoms with van der Waals surface area (Å²) < 4.78 is 5.02. The molecule has 0 saturated carbocycles. The van der Waals surface area contributed by atoms with Crippen LogP contribution < -0.4 is 16.2 Å². The van der Waals surface area contributed by atoms with Gasteiger partial charge in [0, 0.05) is 26.3 Å². The summed E-state index contributed by atoms with van der Waals surface area (Å²) in [5.74, 6) is 7.45. The molecule has 90 valence electrons. The Bertz CT molecular complexity index is 327. The number of nitrogen functional groups attached to an aromatic ring is 1. The van der Waals surface area contributed by atoms with E-state index in [0.717, 1.165) is 18.9 Å². The van der Waals surface area contributed by atoms with Gasteiger partial charge in [0.25, 0.3) is 0 Å². The summed E-state index contributed by atoms with van der Waals surface area (Å²) in [6.07, 6.45) is 0. The molecule has 0 aliphatic rings. The lowest BCUT2D eigenvalue weighted by Crippen LogP contribution is -2.24. The monoisotopic (exact) mass is 225 g/mol. The number of methoxy groups -OCH3 is 1. The number of rotatable bonds is 6. The molecule has 0 bridgehead atoms. The number of nitrogens with two attached hydrogens (primary N) is 1. The van der Waals surface area contributed by atoms with Crippen molar-refractivity contribution < 1.29 is 4.74 Å². The highest BCUT2D eigenvalue weighted by molar-refractivity contribution is 5.48. The number of hydrazine groups is 1. The van der Waals surface area contributed by atoms with Gasteiger partial charge in [-0.1, -0.05) is 0 Å². The van der Waals surface area contributed by atoms with Crippen molar-refractivity contribution in [3.8, 4) is 0 Å². The Kier molecular flexibility index (Phi) is 4.94. The van der Waals surface area contributed by atoms with Crippen LogP contribution in [0.4, 0.5) is 11.6 Å². The fourth-order valence-corrected chi connectivity index (χ4v) is 1.46. The fraction of sp³-hybridized carbons (Fsp3) is 0.600. The predicted octanol–water partition coefficient (Wildman–Crippen LogP) is 0.755. The maximum atomic E-state index is 5.37. The molecule has 16 heavy (non-hydrogen) atoms. The molecule has 1 aromatic heterocycles. The second-order valence-electron chi connectivity index (χ2n) is 3.28. The minimum atomic E-state index is 0.379. The minimum Gasteiger partial charge on any atom is -0.377 e. The van der Waals surface area contributed by atoms with Gasteiger partial charge < -0.3 is 15.1 Å². The van der Waals surface area contributed by atoms with Gasteiger partial charge in [-0.2, -0.15) is 0 Å². The zero-order chi connectivity index (χ0) is 12.0. The maximum Gasteiger partial charge on any atom is 0.158 e. The fourth-order valence-electron chi connectivity index (χ4n) is 1.46. The van der Waals surface area contributed by atoms with E-state index < -0.39 is 0 Å². The summed E-state index contributed by atoms with van der Waals surface area (Å²) in [7, 11) is 1.61. The van der Waals surface area contributed by atoms with Crippen LogP contribution in [-0.4, -0.2) is 30.2 Å². The van der Waals surface area contributed by atoms with Crippen LogP contribution in [0, 0.1) is 0 Å². The Morgan fingerprint density at radius 3 is 2.56 bits per heavy atom. The largest absolute Gasteiger partial charge is 0.377 e. The summed E-state index contributed by atoms with van der Waals surface area (Å²) in [4.78, 5) is 10.7. The van der Waals surface area contributed by atoms with Crippen molar-refractivity contribution in [1.82, 2.24) is 9.97 Å². The van der Waals surface area contributed by atoms with Crippen molar-refractivity contribution in [3.05, 3.63) is 11.9 Å². The molecule has 0 aromatic carbocycles. The van der Waals surface area contributed by atoms with E-state index >= 15 is 0 Å². The molecule has 0 aliphatic carbocycles. The van der Waals surface area contributed by atoms with Crippen LogP contribution in [-0.2, 0) is 11.3 Å². The highest BCUT2D eigenvalue weighted by Crippen LogP contribution is 2.15. The summed E-state index contributed by atoms with van der Waals surface area (Å²) in [5, 5.41) is 0. The average Bonchev–Trinajstić information content (AvgIpc) is 2.31. The number of anilines is 2. The Morgan fingerprint density at radius 2 is 2.06 bits per heavy atom. The third-order valence-corrected chi connectivity index (χ3v) is 2.27. The van der Waals surface area contributed by atoms with Crippen molar-refractivity contribution >= 4 is 11.6 Å². The lowest BCUT2D eigenvalue weighted by atomic mass is 10.4. The Labute approximate surface area is 95.8 Å².